The van der Waals surface area contributed by atoms with Crippen molar-refractivity contribution in [3.63, 3.8) is 0 Å². The molecule has 0 amide bonds. The summed E-state index contributed by atoms with van der Waals surface area (Å²) in [6.45, 7) is -1.06. The maximum atomic E-state index is 12.0. The predicted molar refractivity (Wildman–Crippen MR) is 93.8 cm³/mol. The lowest BCUT2D eigenvalue weighted by atomic mass is 10.1. The highest BCUT2D eigenvalue weighted by molar-refractivity contribution is 7.66. The van der Waals surface area contributed by atoms with E-state index in [-0.39, 0.29) is 0 Å². The number of azide groups is 1. The Balaban J connectivity index is 2.18. The summed E-state index contributed by atoms with van der Waals surface area (Å²) in [4.78, 5) is 63.0. The quantitative estimate of drug-likeness (QED) is 0.100. The number of phosphoric acid groups is 3. The number of nitrogens with zero attached hydrogens (tertiary/aromatic N) is 4. The summed E-state index contributed by atoms with van der Waals surface area (Å²) >= 11 is 0. The lowest BCUT2D eigenvalue weighted by Gasteiger charge is -2.25. The molecular weight excluding hydrogens is 495 g/mol. The number of aliphatic hydroxyl groups is 1. The molecule has 1 aromatic heterocycles. The van der Waals surface area contributed by atoms with Gasteiger partial charge >= 0.3 is 29.2 Å². The number of ether oxygens (including phenoxy) is 1. The number of phosphoric ester groups is 1. The van der Waals surface area contributed by atoms with E-state index < -0.39 is 65.8 Å². The summed E-state index contributed by atoms with van der Waals surface area (Å²) in [6.07, 6.45) is -2.88. The third-order valence-electron chi connectivity index (χ3n) is 3.46. The molecule has 0 radical (unpaired) electrons. The fraction of sp³-hybridized carbons (Fsp3) is 0.556. The van der Waals surface area contributed by atoms with Crippen molar-refractivity contribution < 1.29 is 56.3 Å². The first-order chi connectivity index (χ1) is 14.1. The summed E-state index contributed by atoms with van der Waals surface area (Å²) in [6, 6.07) is 0.880. The van der Waals surface area contributed by atoms with Crippen LogP contribution in [0.4, 0.5) is 0 Å². The van der Waals surface area contributed by atoms with Crippen LogP contribution in [0.3, 0.4) is 0 Å². The third kappa shape index (κ3) is 6.90. The molecule has 22 heteroatoms. The zero-order valence-corrected chi connectivity index (χ0v) is 17.4. The van der Waals surface area contributed by atoms with Gasteiger partial charge in [-0.3, -0.25) is 18.9 Å². The second-order valence-electron chi connectivity index (χ2n) is 5.73. The summed E-state index contributed by atoms with van der Waals surface area (Å²) in [5.41, 5.74) is 6.91. The van der Waals surface area contributed by atoms with E-state index >= 15 is 0 Å². The predicted octanol–water partition coefficient (Wildman–Crippen LogP) is -1.05. The zero-order chi connectivity index (χ0) is 23.7. The number of H-pyrrole nitrogens is 1. The first-order valence-electron chi connectivity index (χ1n) is 7.61. The Hall–Kier alpha value is -1.68. The number of aliphatic hydroxyl groups excluding tert-OH is 1. The van der Waals surface area contributed by atoms with Gasteiger partial charge < -0.3 is 29.4 Å². The molecule has 31 heavy (non-hydrogen) atoms. The Labute approximate surface area is 169 Å². The number of hydrogen-bond acceptors (Lipinski definition) is 11. The fourth-order valence-electron chi connectivity index (χ4n) is 2.42. The Kier molecular flexibility index (Phi) is 7.47. The van der Waals surface area contributed by atoms with Crippen LogP contribution in [-0.2, 0) is 37.4 Å². The summed E-state index contributed by atoms with van der Waals surface area (Å²) in [7, 11) is -16.9. The molecule has 2 unspecified atom stereocenters. The van der Waals surface area contributed by atoms with Crippen LogP contribution in [0.15, 0.2) is 27.0 Å². The van der Waals surface area contributed by atoms with Gasteiger partial charge in [0, 0.05) is 23.6 Å². The maximum Gasteiger partial charge on any atom is 0.490 e. The van der Waals surface area contributed by atoms with Crippen LogP contribution in [0.1, 0.15) is 6.42 Å². The largest absolute Gasteiger partial charge is 0.490 e. The standard InChI is InChI=1S/C9H14N5O14P3/c10-13-12-9(14-2-1-7(16)11-8(14)17)3-5(15)6(26-9)4-25-30(21,22)28-31(23,24)27-29(18,19)20/h1-2,5-6,15H,3-4H2,(H,21,22)(H,23,24)(H,11,16,17)(H2,18,19,20)/t5-,6+,9-/m0/s1. The first kappa shape index (κ1) is 25.6. The zero-order valence-electron chi connectivity index (χ0n) is 14.8. The number of hydrogen-bond donors (Lipinski definition) is 6. The van der Waals surface area contributed by atoms with Gasteiger partial charge in [0.25, 0.3) is 5.56 Å². The van der Waals surface area contributed by atoms with Crippen molar-refractivity contribution in [3.05, 3.63) is 43.5 Å². The van der Waals surface area contributed by atoms with Crippen LogP contribution in [0.2, 0.25) is 0 Å². The van der Waals surface area contributed by atoms with E-state index in [9.17, 15) is 33.3 Å². The first-order valence-corrected chi connectivity index (χ1v) is 12.1. The Morgan fingerprint density at radius 3 is 2.45 bits per heavy atom. The highest BCUT2D eigenvalue weighted by atomic mass is 31.3. The molecule has 0 saturated carbocycles. The van der Waals surface area contributed by atoms with Crippen molar-refractivity contribution in [2.24, 2.45) is 5.11 Å². The van der Waals surface area contributed by atoms with E-state index in [1.54, 1.807) is 0 Å². The van der Waals surface area contributed by atoms with Gasteiger partial charge in [0.2, 0.25) is 5.85 Å². The Morgan fingerprint density at radius 2 is 1.90 bits per heavy atom. The Bertz CT molecular complexity index is 1140. The Morgan fingerprint density at radius 1 is 1.26 bits per heavy atom. The molecule has 1 aliphatic heterocycles. The van der Waals surface area contributed by atoms with Crippen LogP contribution in [-0.4, -0.2) is 53.0 Å². The van der Waals surface area contributed by atoms with Crippen LogP contribution in [0.25, 0.3) is 10.4 Å². The molecule has 6 N–H and O–H groups in total. The van der Waals surface area contributed by atoms with Crippen LogP contribution < -0.4 is 11.2 Å². The van der Waals surface area contributed by atoms with E-state index in [0.717, 1.165) is 12.3 Å². The summed E-state index contributed by atoms with van der Waals surface area (Å²) in [5, 5.41) is 13.4. The van der Waals surface area contributed by atoms with Crippen molar-refractivity contribution in [3.8, 4) is 0 Å². The molecule has 0 aliphatic carbocycles. The monoisotopic (exact) mass is 509 g/mol. The van der Waals surface area contributed by atoms with Crippen molar-refractivity contribution in [1.82, 2.24) is 9.55 Å². The molecule has 0 aromatic carbocycles. The number of aromatic amines is 1. The molecule has 1 fully saturated rings. The number of rotatable bonds is 9. The van der Waals surface area contributed by atoms with Crippen molar-refractivity contribution >= 4 is 23.5 Å². The topological polar surface area (TPSA) is 293 Å². The minimum absolute atomic E-state index is 0.590. The normalized spacial score (nSPS) is 27.8. The minimum Gasteiger partial charge on any atom is -0.390 e. The van der Waals surface area contributed by atoms with Gasteiger partial charge in [-0.1, -0.05) is 0 Å². The molecule has 174 valence electrons. The molecular formula is C9H14N5O14P3. The average Bonchev–Trinajstić information content (AvgIpc) is 2.86. The van der Waals surface area contributed by atoms with Gasteiger partial charge in [0.1, 0.15) is 6.10 Å². The summed E-state index contributed by atoms with van der Waals surface area (Å²) < 4.78 is 51.0. The minimum atomic E-state index is -5.76. The van der Waals surface area contributed by atoms with Gasteiger partial charge in [-0.2, -0.15) is 8.62 Å². The van der Waals surface area contributed by atoms with Gasteiger partial charge in [-0.05, 0) is 10.6 Å². The molecule has 1 aliphatic rings. The van der Waals surface area contributed by atoms with E-state index in [2.05, 4.69) is 23.2 Å². The molecule has 2 heterocycles. The summed E-state index contributed by atoms with van der Waals surface area (Å²) in [5.74, 6) is -2.22. The van der Waals surface area contributed by atoms with E-state index in [4.69, 9.17) is 24.9 Å². The molecule has 0 bridgehead atoms. The van der Waals surface area contributed by atoms with Crippen molar-refractivity contribution in [2.45, 2.75) is 24.5 Å². The van der Waals surface area contributed by atoms with Crippen LogP contribution in [0, 0.1) is 0 Å². The second-order valence-corrected chi connectivity index (χ2v) is 10.1. The van der Waals surface area contributed by atoms with E-state index in [1.807, 2.05) is 4.98 Å². The van der Waals surface area contributed by atoms with Gasteiger partial charge in [0.05, 0.1) is 12.7 Å². The van der Waals surface area contributed by atoms with Gasteiger partial charge in [-0.15, -0.1) is 0 Å². The highest BCUT2D eigenvalue weighted by Crippen LogP contribution is 2.66. The average molecular weight is 509 g/mol. The SMILES string of the molecule is [N-]=[N+]=N[C@]1(n2ccc(=O)[nH]c2=O)C[C@H](O)[C@@H](COP(=O)(O)OP(=O)(O)OP(=O)(O)O)O1. The van der Waals surface area contributed by atoms with Gasteiger partial charge in [0.15, 0.2) is 0 Å². The molecule has 5 atom stereocenters. The molecule has 1 saturated heterocycles. The molecule has 0 spiro atoms. The smallest absolute Gasteiger partial charge is 0.390 e. The number of aromatic nitrogens is 2. The van der Waals surface area contributed by atoms with E-state index in [1.165, 1.54) is 0 Å². The highest BCUT2D eigenvalue weighted by Gasteiger charge is 2.49. The van der Waals surface area contributed by atoms with Crippen molar-refractivity contribution in [1.29, 1.82) is 0 Å². The molecule has 2 rings (SSSR count). The lowest BCUT2D eigenvalue weighted by Crippen LogP contribution is -2.42. The van der Waals surface area contributed by atoms with Gasteiger partial charge in [-0.25, -0.2) is 18.5 Å². The van der Waals surface area contributed by atoms with Crippen molar-refractivity contribution in [2.75, 3.05) is 6.61 Å². The number of nitrogens with one attached hydrogen (secondary N) is 1. The fourth-order valence-corrected chi connectivity index (χ4v) is 5.45. The van der Waals surface area contributed by atoms with E-state index in [0.29, 0.717) is 4.57 Å². The molecule has 19 nitrogen and oxygen atoms in total. The maximum absolute atomic E-state index is 12.0. The third-order valence-corrected chi connectivity index (χ3v) is 7.27. The second kappa shape index (κ2) is 9.05. The molecule has 1 aromatic rings. The van der Waals surface area contributed by atoms with Crippen LogP contribution in [0.5, 0.6) is 0 Å². The lowest BCUT2D eigenvalue weighted by molar-refractivity contribution is -0.114. The van der Waals surface area contributed by atoms with Crippen LogP contribution >= 0.6 is 23.5 Å².